The molecule has 0 aromatic rings. The number of carbonyl (C=O) groups is 1. The number of hydrogen-bond acceptors (Lipinski definition) is 5. The molecule has 5 heteroatoms. The Labute approximate surface area is 120 Å². The summed E-state index contributed by atoms with van der Waals surface area (Å²) in [5.74, 6) is 5.24. The number of methoxy groups -OCH3 is 1. The fourth-order valence-corrected chi connectivity index (χ4v) is 1.89. The molecule has 1 N–H and O–H groups in total. The summed E-state index contributed by atoms with van der Waals surface area (Å²) in [5.41, 5.74) is 0. The third kappa shape index (κ3) is 6.90. The van der Waals surface area contributed by atoms with Gasteiger partial charge in [0.25, 0.3) is 0 Å². The predicted octanol–water partition coefficient (Wildman–Crippen LogP) is 1.48. The molecule has 0 bridgehead atoms. The van der Waals surface area contributed by atoms with E-state index in [1.165, 1.54) is 7.11 Å². The fraction of sp³-hybridized carbons (Fsp3) is 0.800. The third-order valence-electron chi connectivity index (χ3n) is 3.29. The largest absolute Gasteiger partial charge is 0.469 e. The average Bonchev–Trinajstić information content (AvgIpc) is 2.47. The van der Waals surface area contributed by atoms with Crippen molar-refractivity contribution in [2.24, 2.45) is 5.92 Å². The first kappa shape index (κ1) is 17.0. The summed E-state index contributed by atoms with van der Waals surface area (Å²) in [4.78, 5) is 11.1. The van der Waals surface area contributed by atoms with Crippen molar-refractivity contribution in [2.75, 3.05) is 20.3 Å². The molecule has 0 amide bonds. The summed E-state index contributed by atoms with van der Waals surface area (Å²) in [6.07, 6.45) is 2.89. The maximum atomic E-state index is 11.1. The molecule has 1 fully saturated rings. The van der Waals surface area contributed by atoms with E-state index in [1.54, 1.807) is 6.92 Å². The minimum absolute atomic E-state index is 0.138. The van der Waals surface area contributed by atoms with Crippen LogP contribution < -0.4 is 0 Å². The van der Waals surface area contributed by atoms with E-state index < -0.39 is 6.10 Å². The van der Waals surface area contributed by atoms with Crippen LogP contribution in [0, 0.1) is 17.8 Å². The van der Waals surface area contributed by atoms with Gasteiger partial charge in [0.2, 0.25) is 0 Å². The highest BCUT2D eigenvalue weighted by Crippen LogP contribution is 2.13. The molecule has 114 valence electrons. The molecule has 0 aliphatic carbocycles. The third-order valence-corrected chi connectivity index (χ3v) is 3.29. The number of rotatable bonds is 6. The van der Waals surface area contributed by atoms with Crippen LogP contribution in [-0.2, 0) is 19.0 Å². The fourth-order valence-electron chi connectivity index (χ4n) is 1.89. The van der Waals surface area contributed by atoms with Gasteiger partial charge < -0.3 is 19.3 Å². The molecule has 0 aromatic heterocycles. The predicted molar refractivity (Wildman–Crippen MR) is 73.7 cm³/mol. The molecule has 1 rings (SSSR count). The van der Waals surface area contributed by atoms with Crippen molar-refractivity contribution in [3.63, 3.8) is 0 Å². The Morgan fingerprint density at radius 1 is 1.45 bits per heavy atom. The van der Waals surface area contributed by atoms with Crippen molar-refractivity contribution in [3.05, 3.63) is 0 Å². The van der Waals surface area contributed by atoms with Gasteiger partial charge in [0.15, 0.2) is 6.29 Å². The topological polar surface area (TPSA) is 65.0 Å². The van der Waals surface area contributed by atoms with E-state index in [2.05, 4.69) is 16.6 Å². The lowest BCUT2D eigenvalue weighted by atomic mass is 9.99. The Kier molecular flexibility index (Phi) is 8.28. The number of esters is 1. The van der Waals surface area contributed by atoms with Gasteiger partial charge in [-0.05, 0) is 25.2 Å². The molecule has 0 radical (unpaired) electrons. The SMILES string of the molecule is COC(=O)C[C@H](C)[C@H](O)CC#CCOC1CCCCO1. The van der Waals surface area contributed by atoms with Crippen LogP contribution in [0.2, 0.25) is 0 Å². The first-order chi connectivity index (χ1) is 9.63. The van der Waals surface area contributed by atoms with E-state index in [1.807, 2.05) is 0 Å². The van der Waals surface area contributed by atoms with Crippen molar-refractivity contribution < 1.29 is 24.1 Å². The Morgan fingerprint density at radius 3 is 2.90 bits per heavy atom. The molecular formula is C15H24O5. The Balaban J connectivity index is 2.15. The molecule has 5 nitrogen and oxygen atoms in total. The zero-order valence-corrected chi connectivity index (χ0v) is 12.3. The van der Waals surface area contributed by atoms with E-state index in [9.17, 15) is 9.90 Å². The minimum atomic E-state index is -0.632. The number of aliphatic hydroxyl groups excluding tert-OH is 1. The van der Waals surface area contributed by atoms with Crippen LogP contribution in [0.25, 0.3) is 0 Å². The quantitative estimate of drug-likeness (QED) is 0.591. The normalized spacial score (nSPS) is 21.4. The standard InChI is InChI=1S/C15H24O5/c1-12(11-14(17)18-2)13(16)7-3-5-9-19-15-8-4-6-10-20-15/h12-13,15-16H,4,6-11H2,1-2H3/t12-,13+,15?/m0/s1. The van der Waals surface area contributed by atoms with Gasteiger partial charge in [-0.2, -0.15) is 0 Å². The summed E-state index contributed by atoms with van der Waals surface area (Å²) in [7, 11) is 1.34. The first-order valence-electron chi connectivity index (χ1n) is 7.07. The van der Waals surface area contributed by atoms with Crippen molar-refractivity contribution in [1.82, 2.24) is 0 Å². The van der Waals surface area contributed by atoms with Gasteiger partial charge in [0.05, 0.1) is 19.6 Å². The smallest absolute Gasteiger partial charge is 0.305 e. The summed E-state index contributed by atoms with van der Waals surface area (Å²) in [6, 6.07) is 0. The molecule has 0 aromatic carbocycles. The molecule has 1 unspecified atom stereocenters. The zero-order valence-electron chi connectivity index (χ0n) is 12.3. The highest BCUT2D eigenvalue weighted by Gasteiger charge is 2.17. The molecule has 1 saturated heterocycles. The van der Waals surface area contributed by atoms with Crippen molar-refractivity contribution in [3.8, 4) is 11.8 Å². The molecule has 3 atom stereocenters. The van der Waals surface area contributed by atoms with Gasteiger partial charge in [-0.3, -0.25) is 4.79 Å². The molecular weight excluding hydrogens is 260 g/mol. The first-order valence-corrected chi connectivity index (χ1v) is 7.07. The van der Waals surface area contributed by atoms with Crippen LogP contribution >= 0.6 is 0 Å². The monoisotopic (exact) mass is 284 g/mol. The van der Waals surface area contributed by atoms with Gasteiger partial charge in [-0.15, -0.1) is 0 Å². The van der Waals surface area contributed by atoms with Gasteiger partial charge in [-0.1, -0.05) is 18.8 Å². The van der Waals surface area contributed by atoms with Crippen LogP contribution in [-0.4, -0.2) is 43.8 Å². The highest BCUT2D eigenvalue weighted by atomic mass is 16.7. The summed E-state index contributed by atoms with van der Waals surface area (Å²) >= 11 is 0. The average molecular weight is 284 g/mol. The number of carbonyl (C=O) groups excluding carboxylic acids is 1. The molecule has 1 aliphatic rings. The van der Waals surface area contributed by atoms with E-state index in [0.717, 1.165) is 25.9 Å². The van der Waals surface area contributed by atoms with Crippen LogP contribution in [0.4, 0.5) is 0 Å². The number of ether oxygens (including phenoxy) is 3. The maximum absolute atomic E-state index is 11.1. The van der Waals surface area contributed by atoms with Gasteiger partial charge in [0, 0.05) is 13.0 Å². The molecule has 0 spiro atoms. The van der Waals surface area contributed by atoms with Gasteiger partial charge >= 0.3 is 5.97 Å². The van der Waals surface area contributed by atoms with Gasteiger partial charge in [-0.25, -0.2) is 0 Å². The summed E-state index contributed by atoms with van der Waals surface area (Å²) < 4.78 is 15.4. The van der Waals surface area contributed by atoms with Gasteiger partial charge in [0.1, 0.15) is 6.61 Å². The summed E-state index contributed by atoms with van der Waals surface area (Å²) in [5, 5.41) is 9.83. The minimum Gasteiger partial charge on any atom is -0.469 e. The Morgan fingerprint density at radius 2 is 2.25 bits per heavy atom. The van der Waals surface area contributed by atoms with E-state index in [4.69, 9.17) is 9.47 Å². The second kappa shape index (κ2) is 9.76. The Hall–Kier alpha value is -1.09. The molecule has 1 heterocycles. The van der Waals surface area contributed by atoms with Crippen LogP contribution in [0.5, 0.6) is 0 Å². The summed E-state index contributed by atoms with van der Waals surface area (Å²) in [6.45, 7) is 2.86. The van der Waals surface area contributed by atoms with E-state index in [-0.39, 0.29) is 24.6 Å². The van der Waals surface area contributed by atoms with E-state index >= 15 is 0 Å². The van der Waals surface area contributed by atoms with Crippen molar-refractivity contribution in [2.45, 2.75) is 51.4 Å². The number of aliphatic hydroxyl groups is 1. The van der Waals surface area contributed by atoms with Crippen LogP contribution in [0.1, 0.15) is 39.0 Å². The zero-order chi connectivity index (χ0) is 14.8. The van der Waals surface area contributed by atoms with Crippen molar-refractivity contribution in [1.29, 1.82) is 0 Å². The highest BCUT2D eigenvalue weighted by molar-refractivity contribution is 5.69. The molecule has 1 aliphatic heterocycles. The maximum Gasteiger partial charge on any atom is 0.305 e. The lowest BCUT2D eigenvalue weighted by Crippen LogP contribution is -2.22. The molecule has 0 saturated carbocycles. The lowest BCUT2D eigenvalue weighted by molar-refractivity contribution is -0.154. The number of hydrogen-bond donors (Lipinski definition) is 1. The Bertz CT molecular complexity index is 338. The second-order valence-corrected chi connectivity index (χ2v) is 4.99. The van der Waals surface area contributed by atoms with Crippen LogP contribution in [0.15, 0.2) is 0 Å². The van der Waals surface area contributed by atoms with Crippen LogP contribution in [0.3, 0.4) is 0 Å². The lowest BCUT2D eigenvalue weighted by Gasteiger charge is -2.21. The van der Waals surface area contributed by atoms with E-state index in [0.29, 0.717) is 13.0 Å². The second-order valence-electron chi connectivity index (χ2n) is 4.99. The van der Waals surface area contributed by atoms with Crippen molar-refractivity contribution >= 4 is 5.97 Å². The molecule has 20 heavy (non-hydrogen) atoms.